The minimum absolute atomic E-state index is 0.785. The van der Waals surface area contributed by atoms with E-state index in [1.54, 1.807) is 4.68 Å². The van der Waals surface area contributed by atoms with Crippen LogP contribution in [-0.2, 0) is 13.6 Å². The molecule has 0 fully saturated rings. The number of hydrogen-bond acceptors (Lipinski definition) is 4. The van der Waals surface area contributed by atoms with E-state index in [0.717, 1.165) is 24.4 Å². The number of tetrazole rings is 1. The van der Waals surface area contributed by atoms with Crippen LogP contribution in [0.4, 0.5) is 5.95 Å². The molecule has 0 saturated heterocycles. The summed E-state index contributed by atoms with van der Waals surface area (Å²) in [5.41, 5.74) is 1.25. The number of rotatable bonds is 5. The normalized spacial score (nSPS) is 10.5. The Morgan fingerprint density at radius 2 is 2.06 bits per heavy atom. The molecule has 0 N–H and O–H groups in total. The van der Waals surface area contributed by atoms with E-state index in [1.165, 1.54) is 5.56 Å². The molecule has 1 heterocycles. The van der Waals surface area contributed by atoms with Crippen molar-refractivity contribution >= 4 is 21.9 Å². The highest BCUT2D eigenvalue weighted by molar-refractivity contribution is 9.09. The van der Waals surface area contributed by atoms with Crippen LogP contribution in [0, 0.1) is 0 Å². The zero-order valence-electron chi connectivity index (χ0n) is 9.62. The average Bonchev–Trinajstić information content (AvgIpc) is 2.76. The van der Waals surface area contributed by atoms with E-state index < -0.39 is 0 Å². The van der Waals surface area contributed by atoms with Gasteiger partial charge in [0.25, 0.3) is 0 Å². The zero-order valence-corrected chi connectivity index (χ0v) is 11.2. The number of halogens is 1. The Kier molecular flexibility index (Phi) is 4.08. The van der Waals surface area contributed by atoms with Crippen molar-refractivity contribution in [1.29, 1.82) is 0 Å². The highest BCUT2D eigenvalue weighted by Crippen LogP contribution is 2.12. The number of anilines is 1. The van der Waals surface area contributed by atoms with E-state index in [-0.39, 0.29) is 0 Å². The van der Waals surface area contributed by atoms with Gasteiger partial charge in [-0.05, 0) is 16.0 Å². The highest BCUT2D eigenvalue weighted by atomic mass is 79.9. The maximum absolute atomic E-state index is 4.04. The lowest BCUT2D eigenvalue weighted by Crippen LogP contribution is -2.27. The number of aryl methyl sites for hydroxylation is 1. The van der Waals surface area contributed by atoms with Crippen LogP contribution < -0.4 is 4.90 Å². The maximum Gasteiger partial charge on any atom is 0.245 e. The Hall–Kier alpha value is -1.43. The van der Waals surface area contributed by atoms with Crippen LogP contribution in [-0.4, -0.2) is 32.1 Å². The Balaban J connectivity index is 2.16. The molecule has 1 aromatic carbocycles. The second-order valence-corrected chi connectivity index (χ2v) is 4.49. The van der Waals surface area contributed by atoms with Gasteiger partial charge >= 0.3 is 0 Å². The number of alkyl halides is 1. The standard InChI is InChI=1S/C11H14BrN5/c1-16-11(13-14-15-16)17(8-7-12)9-10-5-3-2-4-6-10/h2-6H,7-9H2,1H3. The van der Waals surface area contributed by atoms with Crippen LogP contribution in [0.15, 0.2) is 30.3 Å². The molecule has 0 radical (unpaired) electrons. The second kappa shape index (κ2) is 5.77. The van der Waals surface area contributed by atoms with Gasteiger partial charge in [-0.25, -0.2) is 4.68 Å². The van der Waals surface area contributed by atoms with Crippen LogP contribution in [0.3, 0.4) is 0 Å². The largest absolute Gasteiger partial charge is 0.335 e. The molecular weight excluding hydrogens is 282 g/mol. The summed E-state index contributed by atoms with van der Waals surface area (Å²) in [6.07, 6.45) is 0. The van der Waals surface area contributed by atoms with E-state index in [4.69, 9.17) is 0 Å². The fraction of sp³-hybridized carbons (Fsp3) is 0.364. The van der Waals surface area contributed by atoms with Gasteiger partial charge < -0.3 is 4.90 Å². The first-order valence-corrected chi connectivity index (χ1v) is 6.50. The predicted octanol–water partition coefficient (Wildman–Crippen LogP) is 1.61. The van der Waals surface area contributed by atoms with Crippen molar-refractivity contribution in [2.24, 2.45) is 7.05 Å². The molecule has 0 atom stereocenters. The molecule has 90 valence electrons. The van der Waals surface area contributed by atoms with Gasteiger partial charge in [0.05, 0.1) is 0 Å². The quantitative estimate of drug-likeness (QED) is 0.787. The summed E-state index contributed by atoms with van der Waals surface area (Å²) in [6.45, 7) is 1.67. The summed E-state index contributed by atoms with van der Waals surface area (Å²) in [7, 11) is 1.85. The van der Waals surface area contributed by atoms with Crippen LogP contribution >= 0.6 is 15.9 Å². The number of hydrogen-bond donors (Lipinski definition) is 0. The van der Waals surface area contributed by atoms with Crippen LogP contribution in [0.5, 0.6) is 0 Å². The number of nitrogens with zero attached hydrogens (tertiary/aromatic N) is 5. The van der Waals surface area contributed by atoms with Gasteiger partial charge in [0.2, 0.25) is 5.95 Å². The third-order valence-electron chi connectivity index (χ3n) is 2.45. The molecule has 0 aliphatic rings. The molecule has 2 aromatic rings. The molecule has 0 bridgehead atoms. The van der Waals surface area contributed by atoms with Crippen LogP contribution in [0.2, 0.25) is 0 Å². The first-order chi connectivity index (χ1) is 8.31. The van der Waals surface area contributed by atoms with E-state index in [1.807, 2.05) is 25.2 Å². The summed E-state index contributed by atoms with van der Waals surface area (Å²) in [5.74, 6) is 0.785. The molecule has 5 nitrogen and oxygen atoms in total. The summed E-state index contributed by atoms with van der Waals surface area (Å²) in [6, 6.07) is 10.3. The zero-order chi connectivity index (χ0) is 12.1. The summed E-state index contributed by atoms with van der Waals surface area (Å²) >= 11 is 3.45. The van der Waals surface area contributed by atoms with Crippen LogP contribution in [0.1, 0.15) is 5.56 Å². The summed E-state index contributed by atoms with van der Waals surface area (Å²) in [4.78, 5) is 2.14. The number of benzene rings is 1. The van der Waals surface area contributed by atoms with Crippen molar-refractivity contribution in [2.45, 2.75) is 6.54 Å². The van der Waals surface area contributed by atoms with Gasteiger partial charge in [0, 0.05) is 25.5 Å². The van der Waals surface area contributed by atoms with Crippen molar-refractivity contribution in [2.75, 3.05) is 16.8 Å². The van der Waals surface area contributed by atoms with E-state index in [2.05, 4.69) is 48.5 Å². The second-order valence-electron chi connectivity index (χ2n) is 3.70. The van der Waals surface area contributed by atoms with Gasteiger partial charge in [-0.3, -0.25) is 0 Å². The Labute approximate surface area is 109 Å². The SMILES string of the molecule is Cn1nnnc1N(CCBr)Cc1ccccc1. The third-order valence-corrected chi connectivity index (χ3v) is 2.81. The molecule has 0 aliphatic carbocycles. The molecule has 17 heavy (non-hydrogen) atoms. The highest BCUT2D eigenvalue weighted by Gasteiger charge is 2.12. The fourth-order valence-electron chi connectivity index (χ4n) is 1.65. The van der Waals surface area contributed by atoms with Crippen molar-refractivity contribution in [1.82, 2.24) is 20.2 Å². The topological polar surface area (TPSA) is 46.8 Å². The molecule has 6 heteroatoms. The number of aromatic nitrogens is 4. The van der Waals surface area contributed by atoms with Gasteiger partial charge in [0.15, 0.2) is 0 Å². The van der Waals surface area contributed by atoms with E-state index in [9.17, 15) is 0 Å². The Morgan fingerprint density at radius 1 is 1.29 bits per heavy atom. The first-order valence-electron chi connectivity index (χ1n) is 5.38. The smallest absolute Gasteiger partial charge is 0.245 e. The minimum Gasteiger partial charge on any atom is -0.335 e. The van der Waals surface area contributed by atoms with Gasteiger partial charge in [-0.15, -0.1) is 0 Å². The Bertz CT molecular complexity index is 456. The lowest BCUT2D eigenvalue weighted by atomic mass is 10.2. The van der Waals surface area contributed by atoms with Crippen LogP contribution in [0.25, 0.3) is 0 Å². The lowest BCUT2D eigenvalue weighted by Gasteiger charge is -2.21. The molecule has 0 amide bonds. The van der Waals surface area contributed by atoms with E-state index >= 15 is 0 Å². The van der Waals surface area contributed by atoms with Gasteiger partial charge in [-0.1, -0.05) is 51.4 Å². The molecule has 0 spiro atoms. The molecule has 0 saturated carbocycles. The summed E-state index contributed by atoms with van der Waals surface area (Å²) in [5, 5.41) is 12.5. The predicted molar refractivity (Wildman–Crippen MR) is 70.1 cm³/mol. The molecule has 0 unspecified atom stereocenters. The molecule has 2 rings (SSSR count). The third kappa shape index (κ3) is 3.03. The summed E-state index contributed by atoms with van der Waals surface area (Å²) < 4.78 is 1.69. The van der Waals surface area contributed by atoms with Crippen molar-refractivity contribution in [3.63, 3.8) is 0 Å². The van der Waals surface area contributed by atoms with Gasteiger partial charge in [-0.2, -0.15) is 0 Å². The average molecular weight is 296 g/mol. The van der Waals surface area contributed by atoms with Crippen molar-refractivity contribution in [3.05, 3.63) is 35.9 Å². The minimum atomic E-state index is 0.785. The fourth-order valence-corrected chi connectivity index (χ4v) is 2.08. The Morgan fingerprint density at radius 3 is 2.65 bits per heavy atom. The van der Waals surface area contributed by atoms with Gasteiger partial charge in [0.1, 0.15) is 0 Å². The lowest BCUT2D eigenvalue weighted by molar-refractivity contribution is 0.684. The molecule has 1 aromatic heterocycles. The van der Waals surface area contributed by atoms with E-state index in [0.29, 0.717) is 0 Å². The first kappa shape index (κ1) is 12.0. The molecular formula is C11H14BrN5. The van der Waals surface area contributed by atoms with Crippen molar-refractivity contribution < 1.29 is 0 Å². The van der Waals surface area contributed by atoms with Crippen molar-refractivity contribution in [3.8, 4) is 0 Å². The monoisotopic (exact) mass is 295 g/mol. The molecule has 0 aliphatic heterocycles. The maximum atomic E-state index is 4.04.